The van der Waals surface area contributed by atoms with Crippen molar-refractivity contribution < 1.29 is 14.5 Å². The molecule has 3 rings (SSSR count). The maximum absolute atomic E-state index is 12.6. The number of benzene rings is 2. The largest absolute Gasteiger partial charge is 0.342 e. The van der Waals surface area contributed by atoms with Gasteiger partial charge < -0.3 is 15.2 Å². The van der Waals surface area contributed by atoms with Crippen LogP contribution in [0.5, 0.6) is 0 Å². The Morgan fingerprint density at radius 3 is 2.36 bits per heavy atom. The molecule has 2 aromatic carbocycles. The Bertz CT molecular complexity index is 1130. The average molecular weight is 469 g/mol. The van der Waals surface area contributed by atoms with Gasteiger partial charge in [-0.3, -0.25) is 19.7 Å². The summed E-state index contributed by atoms with van der Waals surface area (Å²) in [6.45, 7) is 3.96. The van der Waals surface area contributed by atoms with Crippen molar-refractivity contribution in [3.63, 3.8) is 0 Å². The quantitative estimate of drug-likeness (QED) is 0.279. The van der Waals surface area contributed by atoms with Crippen LogP contribution in [0.1, 0.15) is 36.1 Å². The summed E-state index contributed by atoms with van der Waals surface area (Å²) >= 11 is 1.20. The van der Waals surface area contributed by atoms with Crippen molar-refractivity contribution in [3.8, 4) is 0 Å². The highest BCUT2D eigenvalue weighted by atomic mass is 32.2. The second-order valence-corrected chi connectivity index (χ2v) is 8.54. The van der Waals surface area contributed by atoms with Gasteiger partial charge in [-0.2, -0.15) is 0 Å². The third-order valence-corrected chi connectivity index (χ3v) is 5.85. The van der Waals surface area contributed by atoms with E-state index >= 15 is 0 Å². The van der Waals surface area contributed by atoms with Gasteiger partial charge in [-0.25, -0.2) is 0 Å². The summed E-state index contributed by atoms with van der Waals surface area (Å²) in [4.78, 5) is 35.1. The summed E-state index contributed by atoms with van der Waals surface area (Å²) in [6, 6.07) is 14.2. The maximum Gasteiger partial charge on any atom is 0.269 e. The van der Waals surface area contributed by atoms with Gasteiger partial charge in [0.25, 0.3) is 11.6 Å². The number of hydrogen-bond acceptors (Lipinski definition) is 7. The van der Waals surface area contributed by atoms with Gasteiger partial charge in [-0.1, -0.05) is 43.8 Å². The lowest BCUT2D eigenvalue weighted by Gasteiger charge is -2.21. The van der Waals surface area contributed by atoms with Crippen LogP contribution < -0.4 is 10.6 Å². The third-order valence-electron chi connectivity index (χ3n) is 4.83. The number of amides is 2. The van der Waals surface area contributed by atoms with Gasteiger partial charge in [-0.05, 0) is 30.2 Å². The van der Waals surface area contributed by atoms with E-state index in [0.29, 0.717) is 22.2 Å². The number of carbonyl (C=O) groups excluding carboxylic acids is 2. The fourth-order valence-electron chi connectivity index (χ4n) is 3.06. The topological polar surface area (TPSA) is 132 Å². The second-order valence-electron chi connectivity index (χ2n) is 7.60. The summed E-state index contributed by atoms with van der Waals surface area (Å²) in [5.41, 5.74) is 0.976. The Morgan fingerprint density at radius 2 is 1.76 bits per heavy atom. The predicted octanol–water partition coefficient (Wildman–Crippen LogP) is 3.58. The number of non-ortho nitro benzene ring substituents is 1. The Morgan fingerprint density at radius 1 is 1.09 bits per heavy atom. The molecule has 172 valence electrons. The van der Waals surface area contributed by atoms with E-state index < -0.39 is 4.92 Å². The first-order chi connectivity index (χ1) is 15.8. The molecular formula is C22H24N6O4S. The van der Waals surface area contributed by atoms with Crippen molar-refractivity contribution in [2.24, 2.45) is 13.0 Å². The smallest absolute Gasteiger partial charge is 0.269 e. The molecule has 1 aromatic heterocycles. The number of thioether (sulfide) groups is 1. The molecule has 2 amide bonds. The van der Waals surface area contributed by atoms with E-state index in [4.69, 9.17) is 0 Å². The highest BCUT2D eigenvalue weighted by molar-refractivity contribution is 7.99. The van der Waals surface area contributed by atoms with E-state index in [1.807, 2.05) is 19.9 Å². The van der Waals surface area contributed by atoms with E-state index in [2.05, 4.69) is 20.8 Å². The fourth-order valence-corrected chi connectivity index (χ4v) is 3.78. The zero-order chi connectivity index (χ0) is 24.0. The van der Waals surface area contributed by atoms with Crippen molar-refractivity contribution in [1.29, 1.82) is 0 Å². The number of nitrogens with zero attached hydrogens (tertiary/aromatic N) is 4. The van der Waals surface area contributed by atoms with Gasteiger partial charge in [-0.15, -0.1) is 10.2 Å². The minimum absolute atomic E-state index is 0.0481. The van der Waals surface area contributed by atoms with Crippen LogP contribution in [0, 0.1) is 16.0 Å². The molecule has 0 saturated heterocycles. The summed E-state index contributed by atoms with van der Waals surface area (Å²) in [5.74, 6) is 0.243. The monoisotopic (exact) mass is 468 g/mol. The molecule has 33 heavy (non-hydrogen) atoms. The molecule has 0 unspecified atom stereocenters. The molecule has 0 bridgehead atoms. The fraction of sp³-hybridized carbons (Fsp3) is 0.273. The Kier molecular flexibility index (Phi) is 7.78. The van der Waals surface area contributed by atoms with Crippen LogP contribution in [0.3, 0.4) is 0 Å². The van der Waals surface area contributed by atoms with Gasteiger partial charge in [0.15, 0.2) is 11.0 Å². The van der Waals surface area contributed by atoms with E-state index in [-0.39, 0.29) is 35.2 Å². The molecule has 0 aliphatic heterocycles. The second kappa shape index (κ2) is 10.7. The number of rotatable bonds is 9. The molecule has 0 fully saturated rings. The molecule has 0 aliphatic rings. The Balaban J connectivity index is 1.63. The minimum atomic E-state index is -0.500. The molecule has 0 spiro atoms. The normalized spacial score (nSPS) is 11.8. The van der Waals surface area contributed by atoms with E-state index in [1.165, 1.54) is 36.0 Å². The number of anilines is 1. The van der Waals surface area contributed by atoms with Crippen LogP contribution in [0.15, 0.2) is 59.8 Å². The van der Waals surface area contributed by atoms with Gasteiger partial charge >= 0.3 is 0 Å². The van der Waals surface area contributed by atoms with Crippen LogP contribution in [-0.2, 0) is 11.8 Å². The zero-order valence-corrected chi connectivity index (χ0v) is 19.2. The van der Waals surface area contributed by atoms with Crippen molar-refractivity contribution in [1.82, 2.24) is 20.1 Å². The predicted molar refractivity (Wildman–Crippen MR) is 125 cm³/mol. The first-order valence-electron chi connectivity index (χ1n) is 10.2. The highest BCUT2D eigenvalue weighted by Crippen LogP contribution is 2.25. The van der Waals surface area contributed by atoms with E-state index in [9.17, 15) is 19.7 Å². The van der Waals surface area contributed by atoms with Crippen LogP contribution in [-0.4, -0.2) is 37.3 Å². The summed E-state index contributed by atoms with van der Waals surface area (Å²) in [6.07, 6.45) is 0. The van der Waals surface area contributed by atoms with Gasteiger partial charge in [0.1, 0.15) is 0 Å². The molecule has 0 aliphatic carbocycles. The van der Waals surface area contributed by atoms with Crippen LogP contribution in [0.4, 0.5) is 11.4 Å². The summed E-state index contributed by atoms with van der Waals surface area (Å²) in [7, 11) is 1.79. The van der Waals surface area contributed by atoms with Crippen LogP contribution >= 0.6 is 11.8 Å². The minimum Gasteiger partial charge on any atom is -0.342 e. The molecule has 1 heterocycles. The average Bonchev–Trinajstić information content (AvgIpc) is 3.16. The Hall–Kier alpha value is -3.73. The molecule has 11 heteroatoms. The van der Waals surface area contributed by atoms with Gasteiger partial charge in [0, 0.05) is 30.4 Å². The third kappa shape index (κ3) is 6.16. The number of nitrogens with one attached hydrogen (secondary N) is 2. The maximum atomic E-state index is 12.6. The number of carbonyl (C=O) groups is 2. The van der Waals surface area contributed by atoms with Crippen molar-refractivity contribution in [2.45, 2.75) is 25.0 Å². The van der Waals surface area contributed by atoms with Crippen LogP contribution in [0.25, 0.3) is 0 Å². The molecule has 1 atom stereocenters. The van der Waals surface area contributed by atoms with Crippen molar-refractivity contribution >= 4 is 35.0 Å². The number of nitro groups is 1. The van der Waals surface area contributed by atoms with Crippen molar-refractivity contribution in [2.75, 3.05) is 11.1 Å². The Labute approximate surface area is 194 Å². The number of nitro benzene ring substituents is 1. The van der Waals surface area contributed by atoms with Crippen LogP contribution in [0.2, 0.25) is 0 Å². The summed E-state index contributed by atoms with van der Waals surface area (Å²) in [5, 5.41) is 25.4. The zero-order valence-electron chi connectivity index (χ0n) is 18.4. The first kappa shape index (κ1) is 23.9. The lowest BCUT2D eigenvalue weighted by Crippen LogP contribution is -2.33. The molecular weight excluding hydrogens is 444 g/mol. The van der Waals surface area contributed by atoms with Gasteiger partial charge in [0.2, 0.25) is 5.91 Å². The SMILES string of the molecule is CC(C)[C@H](NC(=O)c1ccccc1)c1nnc(SCC(=O)Nc2ccc([N+](=O)[O-])cc2)n1C. The lowest BCUT2D eigenvalue weighted by atomic mass is 10.0. The van der Waals surface area contributed by atoms with Gasteiger partial charge in [0.05, 0.1) is 16.7 Å². The lowest BCUT2D eigenvalue weighted by molar-refractivity contribution is -0.384. The number of hydrogen-bond donors (Lipinski definition) is 2. The molecule has 3 aromatic rings. The molecule has 10 nitrogen and oxygen atoms in total. The molecule has 0 saturated carbocycles. The standard InChI is InChI=1S/C22H24N6O4S/c1-14(2)19(24-21(30)15-7-5-4-6-8-15)20-25-26-22(27(20)3)33-13-18(29)23-16-9-11-17(12-10-16)28(31)32/h4-12,14,19H,13H2,1-3H3,(H,23,29)(H,24,30)/t19-/m0/s1. The molecule has 0 radical (unpaired) electrons. The summed E-state index contributed by atoms with van der Waals surface area (Å²) < 4.78 is 1.76. The highest BCUT2D eigenvalue weighted by Gasteiger charge is 2.25. The first-order valence-corrected chi connectivity index (χ1v) is 11.2. The van der Waals surface area contributed by atoms with E-state index in [0.717, 1.165) is 0 Å². The van der Waals surface area contributed by atoms with Crippen molar-refractivity contribution in [3.05, 3.63) is 76.1 Å². The molecule has 2 N–H and O–H groups in total. The van der Waals surface area contributed by atoms with E-state index in [1.54, 1.807) is 35.9 Å². The number of aromatic nitrogens is 3.